The van der Waals surface area contributed by atoms with Gasteiger partial charge >= 0.3 is 0 Å². The maximum absolute atomic E-state index is 5.25. The van der Waals surface area contributed by atoms with Crippen molar-refractivity contribution in [3.63, 3.8) is 0 Å². The monoisotopic (exact) mass is 269 g/mol. The van der Waals surface area contributed by atoms with Gasteiger partial charge in [0, 0.05) is 25.5 Å². The van der Waals surface area contributed by atoms with Crippen LogP contribution in [0.15, 0.2) is 5.38 Å². The van der Waals surface area contributed by atoms with E-state index >= 15 is 0 Å². The minimum atomic E-state index is -0.319. The van der Waals surface area contributed by atoms with E-state index in [2.05, 4.69) is 12.3 Å². The lowest BCUT2D eigenvalue weighted by Gasteiger charge is -2.26. The fourth-order valence-electron chi connectivity index (χ4n) is 2.82. The van der Waals surface area contributed by atoms with Gasteiger partial charge in [0.2, 0.25) is 6.29 Å². The second kappa shape index (κ2) is 6.64. The molecule has 2 unspecified atom stereocenters. The molecule has 18 heavy (non-hydrogen) atoms. The molecule has 1 aromatic heterocycles. The van der Waals surface area contributed by atoms with Crippen LogP contribution >= 0.6 is 11.3 Å². The van der Waals surface area contributed by atoms with Gasteiger partial charge in [-0.05, 0) is 18.8 Å². The first-order chi connectivity index (χ1) is 8.78. The van der Waals surface area contributed by atoms with E-state index in [0.29, 0.717) is 5.92 Å². The molecule has 1 fully saturated rings. The predicted molar refractivity (Wildman–Crippen MR) is 73.9 cm³/mol. The van der Waals surface area contributed by atoms with Crippen LogP contribution in [0.1, 0.15) is 61.9 Å². The van der Waals surface area contributed by atoms with Gasteiger partial charge in [0.05, 0.1) is 5.01 Å². The summed E-state index contributed by atoms with van der Waals surface area (Å²) in [5.74, 6) is 1.54. The molecule has 0 N–H and O–H groups in total. The van der Waals surface area contributed by atoms with E-state index in [1.807, 2.05) is 0 Å². The molecule has 0 radical (unpaired) electrons. The third-order valence-corrected chi connectivity index (χ3v) is 4.94. The molecule has 0 aromatic carbocycles. The quantitative estimate of drug-likeness (QED) is 0.754. The molecule has 1 heterocycles. The lowest BCUT2D eigenvalue weighted by atomic mass is 9.80. The number of hydrogen-bond acceptors (Lipinski definition) is 4. The van der Waals surface area contributed by atoms with Gasteiger partial charge in [0.25, 0.3) is 0 Å². The average Bonchev–Trinajstić information content (AvgIpc) is 2.90. The summed E-state index contributed by atoms with van der Waals surface area (Å²) in [6, 6.07) is 0. The largest absolute Gasteiger partial charge is 0.350 e. The minimum absolute atomic E-state index is 0.319. The van der Waals surface area contributed by atoms with Crippen molar-refractivity contribution in [1.82, 2.24) is 4.98 Å². The first-order valence-electron chi connectivity index (χ1n) is 6.79. The van der Waals surface area contributed by atoms with Crippen LogP contribution in [-0.2, 0) is 9.47 Å². The van der Waals surface area contributed by atoms with Gasteiger partial charge in [-0.1, -0.05) is 26.2 Å². The minimum Gasteiger partial charge on any atom is -0.350 e. The van der Waals surface area contributed by atoms with E-state index in [1.54, 1.807) is 25.6 Å². The molecule has 2 rings (SSSR count). The molecule has 0 bridgehead atoms. The molecular weight excluding hydrogens is 246 g/mol. The highest BCUT2D eigenvalue weighted by molar-refractivity contribution is 7.09. The summed E-state index contributed by atoms with van der Waals surface area (Å²) in [5.41, 5.74) is 0.915. The Hall–Kier alpha value is -0.450. The van der Waals surface area contributed by atoms with Crippen molar-refractivity contribution in [2.24, 2.45) is 5.92 Å². The van der Waals surface area contributed by atoms with Crippen LogP contribution in [0.2, 0.25) is 0 Å². The fourth-order valence-corrected chi connectivity index (χ4v) is 3.79. The van der Waals surface area contributed by atoms with Gasteiger partial charge in [-0.2, -0.15) is 0 Å². The van der Waals surface area contributed by atoms with Crippen molar-refractivity contribution in [1.29, 1.82) is 0 Å². The summed E-state index contributed by atoms with van der Waals surface area (Å²) in [6.45, 7) is 2.30. The van der Waals surface area contributed by atoms with Gasteiger partial charge in [-0.3, -0.25) is 0 Å². The Bertz CT molecular complexity index is 362. The second-order valence-corrected chi connectivity index (χ2v) is 5.94. The van der Waals surface area contributed by atoms with Crippen molar-refractivity contribution in [2.45, 2.75) is 51.2 Å². The van der Waals surface area contributed by atoms with Crippen molar-refractivity contribution in [3.05, 3.63) is 16.1 Å². The molecular formula is C14H23NO2S. The Kier molecular flexibility index (Phi) is 5.15. The normalized spacial score (nSPS) is 24.7. The van der Waals surface area contributed by atoms with Crippen molar-refractivity contribution in [3.8, 4) is 0 Å². The molecule has 1 aliphatic rings. The molecule has 102 valence electrons. The second-order valence-electron chi connectivity index (χ2n) is 5.05. The van der Waals surface area contributed by atoms with Crippen LogP contribution in [0, 0.1) is 5.92 Å². The summed E-state index contributed by atoms with van der Waals surface area (Å²) in [7, 11) is 3.31. The first kappa shape index (κ1) is 14.0. The number of methoxy groups -OCH3 is 2. The predicted octanol–water partition coefficient (Wildman–Crippen LogP) is 4.12. The Morgan fingerprint density at radius 3 is 2.83 bits per heavy atom. The smallest absolute Gasteiger partial charge is 0.201 e. The Labute approximate surface area is 114 Å². The zero-order chi connectivity index (χ0) is 13.0. The zero-order valence-electron chi connectivity index (χ0n) is 11.5. The number of ether oxygens (including phenoxy) is 2. The van der Waals surface area contributed by atoms with E-state index in [9.17, 15) is 0 Å². The molecule has 3 nitrogen and oxygen atoms in total. The van der Waals surface area contributed by atoms with Crippen molar-refractivity contribution >= 4 is 11.3 Å². The first-order valence-corrected chi connectivity index (χ1v) is 7.67. The molecule has 4 heteroatoms. The Balaban J connectivity index is 2.05. The average molecular weight is 269 g/mol. The molecule has 1 aromatic rings. The van der Waals surface area contributed by atoms with E-state index in [1.165, 1.54) is 37.1 Å². The lowest BCUT2D eigenvalue weighted by molar-refractivity contribution is -0.108. The van der Waals surface area contributed by atoms with Crippen molar-refractivity contribution < 1.29 is 9.47 Å². The van der Waals surface area contributed by atoms with Crippen LogP contribution in [-0.4, -0.2) is 19.2 Å². The number of nitrogens with zero attached hydrogens (tertiary/aromatic N) is 1. The van der Waals surface area contributed by atoms with E-state index in [4.69, 9.17) is 14.5 Å². The molecule has 0 saturated heterocycles. The van der Waals surface area contributed by atoms with E-state index < -0.39 is 0 Å². The molecule has 0 amide bonds. The van der Waals surface area contributed by atoms with E-state index in [0.717, 1.165) is 11.6 Å². The number of thiazole rings is 1. The van der Waals surface area contributed by atoms with Gasteiger partial charge in [0.15, 0.2) is 0 Å². The third kappa shape index (κ3) is 3.11. The molecule has 2 atom stereocenters. The number of aromatic nitrogens is 1. The summed E-state index contributed by atoms with van der Waals surface area (Å²) < 4.78 is 10.5. The topological polar surface area (TPSA) is 31.4 Å². The number of rotatable bonds is 5. The van der Waals surface area contributed by atoms with Crippen LogP contribution in [0.5, 0.6) is 0 Å². The highest BCUT2D eigenvalue weighted by Gasteiger charge is 2.25. The van der Waals surface area contributed by atoms with Crippen molar-refractivity contribution in [2.75, 3.05) is 14.2 Å². The maximum Gasteiger partial charge on any atom is 0.201 e. The summed E-state index contributed by atoms with van der Waals surface area (Å²) in [6.07, 6.45) is 6.30. The molecule has 1 aliphatic carbocycles. The molecule has 0 aliphatic heterocycles. The van der Waals surface area contributed by atoms with Gasteiger partial charge < -0.3 is 9.47 Å². The van der Waals surface area contributed by atoms with E-state index in [-0.39, 0.29) is 6.29 Å². The van der Waals surface area contributed by atoms with Crippen LogP contribution in [0.3, 0.4) is 0 Å². The SMILES string of the molecule is CCC1CCCC(c2nc(C(OC)OC)cs2)C1. The highest BCUT2D eigenvalue weighted by atomic mass is 32.1. The standard InChI is InChI=1S/C14H23NO2S/c1-4-10-6-5-7-11(8-10)13-15-12(9-18-13)14(16-2)17-3/h9-11,14H,4-8H2,1-3H3. The Morgan fingerprint density at radius 1 is 1.39 bits per heavy atom. The summed E-state index contributed by atoms with van der Waals surface area (Å²) >= 11 is 1.76. The summed E-state index contributed by atoms with van der Waals surface area (Å²) in [4.78, 5) is 4.71. The van der Waals surface area contributed by atoms with Crippen LogP contribution < -0.4 is 0 Å². The van der Waals surface area contributed by atoms with Crippen LogP contribution in [0.4, 0.5) is 0 Å². The Morgan fingerprint density at radius 2 is 2.17 bits per heavy atom. The van der Waals surface area contributed by atoms with Gasteiger partial charge in [0.1, 0.15) is 5.69 Å². The fraction of sp³-hybridized carbons (Fsp3) is 0.786. The third-order valence-electron chi connectivity index (χ3n) is 3.92. The van der Waals surface area contributed by atoms with Gasteiger partial charge in [-0.25, -0.2) is 4.98 Å². The zero-order valence-corrected chi connectivity index (χ0v) is 12.3. The molecule has 1 saturated carbocycles. The highest BCUT2D eigenvalue weighted by Crippen LogP contribution is 2.39. The molecule has 0 spiro atoms. The summed E-state index contributed by atoms with van der Waals surface area (Å²) in [5, 5.41) is 3.34. The number of hydrogen-bond donors (Lipinski definition) is 0. The van der Waals surface area contributed by atoms with Crippen LogP contribution in [0.25, 0.3) is 0 Å². The lowest BCUT2D eigenvalue weighted by Crippen LogP contribution is -2.13. The maximum atomic E-state index is 5.25. The van der Waals surface area contributed by atoms with Gasteiger partial charge in [-0.15, -0.1) is 11.3 Å².